The molecule has 1 aliphatic heterocycles. The summed E-state index contributed by atoms with van der Waals surface area (Å²) >= 11 is 9.45. The van der Waals surface area contributed by atoms with Crippen LogP contribution in [0.2, 0.25) is 5.02 Å². The van der Waals surface area contributed by atoms with Crippen LogP contribution in [0.15, 0.2) is 76.8 Å². The van der Waals surface area contributed by atoms with E-state index in [-0.39, 0.29) is 16.8 Å². The van der Waals surface area contributed by atoms with Crippen molar-refractivity contribution in [3.05, 3.63) is 98.5 Å². The summed E-state index contributed by atoms with van der Waals surface area (Å²) in [5.41, 5.74) is 1.64. The Kier molecular flexibility index (Phi) is 7.52. The van der Waals surface area contributed by atoms with E-state index in [1.807, 2.05) is 12.1 Å². The number of hydrogen-bond acceptors (Lipinski definition) is 6. The Morgan fingerprint density at radius 3 is 2.47 bits per heavy atom. The average Bonchev–Trinajstić information content (AvgIpc) is 2.86. The molecule has 3 aromatic rings. The van der Waals surface area contributed by atoms with Crippen molar-refractivity contribution in [2.24, 2.45) is 0 Å². The third-order valence-electron chi connectivity index (χ3n) is 5.20. The zero-order valence-corrected chi connectivity index (χ0v) is 21.1. The second kappa shape index (κ2) is 10.8. The molecule has 4 amide bonds. The first-order chi connectivity index (χ1) is 17.3. The lowest BCUT2D eigenvalue weighted by atomic mass is 10.1. The van der Waals surface area contributed by atoms with Crippen LogP contribution in [-0.4, -0.2) is 30.9 Å². The summed E-state index contributed by atoms with van der Waals surface area (Å²) in [7, 11) is 1.25. The van der Waals surface area contributed by atoms with Crippen molar-refractivity contribution in [1.29, 1.82) is 0 Å². The molecule has 0 radical (unpaired) electrons. The molecule has 182 valence electrons. The molecule has 0 spiro atoms. The Morgan fingerprint density at radius 2 is 1.81 bits per heavy atom. The van der Waals surface area contributed by atoms with Gasteiger partial charge in [0, 0.05) is 5.02 Å². The second-order valence-corrected chi connectivity index (χ2v) is 8.90. The van der Waals surface area contributed by atoms with Crippen LogP contribution in [0.25, 0.3) is 6.08 Å². The highest BCUT2D eigenvalue weighted by Gasteiger charge is 2.36. The standard InChI is InChI=1S/C26H18BrClN2O6/c1-35-25(33)17-6-8-19(9-7-17)30-24(32)20(23(31)29-26(30)34)12-15-5-10-22(21(27)13-15)36-14-16-3-2-4-18(28)11-16/h2-13H,14H2,1H3,(H,29,31,34)/b20-12+. The molecule has 0 bridgehead atoms. The highest BCUT2D eigenvalue weighted by atomic mass is 79.9. The number of barbiturate groups is 1. The van der Waals surface area contributed by atoms with Crippen LogP contribution < -0.4 is 15.0 Å². The number of nitrogens with one attached hydrogen (secondary N) is 1. The Morgan fingerprint density at radius 1 is 1.06 bits per heavy atom. The normalized spacial score (nSPS) is 14.6. The maximum atomic E-state index is 13.1. The third-order valence-corrected chi connectivity index (χ3v) is 6.05. The number of carbonyl (C=O) groups excluding carboxylic acids is 4. The van der Waals surface area contributed by atoms with E-state index >= 15 is 0 Å². The smallest absolute Gasteiger partial charge is 0.337 e. The van der Waals surface area contributed by atoms with Gasteiger partial charge in [0.25, 0.3) is 11.8 Å². The van der Waals surface area contributed by atoms with Gasteiger partial charge in [-0.15, -0.1) is 0 Å². The number of benzene rings is 3. The van der Waals surface area contributed by atoms with Crippen molar-refractivity contribution < 1.29 is 28.7 Å². The molecular weight excluding hydrogens is 552 g/mol. The van der Waals surface area contributed by atoms with Crippen LogP contribution in [0.1, 0.15) is 21.5 Å². The number of carbonyl (C=O) groups is 4. The summed E-state index contributed by atoms with van der Waals surface area (Å²) in [5, 5.41) is 2.78. The Labute approximate surface area is 219 Å². The fourth-order valence-electron chi connectivity index (χ4n) is 3.43. The number of esters is 1. The molecule has 0 saturated carbocycles. The van der Waals surface area contributed by atoms with Gasteiger partial charge in [-0.25, -0.2) is 14.5 Å². The van der Waals surface area contributed by atoms with Crippen molar-refractivity contribution in [3.63, 3.8) is 0 Å². The maximum Gasteiger partial charge on any atom is 0.337 e. The van der Waals surface area contributed by atoms with Gasteiger partial charge in [0.15, 0.2) is 0 Å². The molecule has 0 aliphatic carbocycles. The summed E-state index contributed by atoms with van der Waals surface area (Å²) in [4.78, 5) is 50.5. The lowest BCUT2D eigenvalue weighted by molar-refractivity contribution is -0.122. The predicted octanol–water partition coefficient (Wildman–Crippen LogP) is 5.13. The number of imide groups is 2. The lowest BCUT2D eigenvalue weighted by Gasteiger charge is -2.26. The van der Waals surface area contributed by atoms with Crippen molar-refractivity contribution in [2.45, 2.75) is 6.61 Å². The first-order valence-corrected chi connectivity index (χ1v) is 11.7. The van der Waals surface area contributed by atoms with E-state index in [1.54, 1.807) is 30.3 Å². The van der Waals surface area contributed by atoms with Gasteiger partial charge in [0.05, 0.1) is 22.8 Å². The third kappa shape index (κ3) is 5.48. The lowest BCUT2D eigenvalue weighted by Crippen LogP contribution is -2.54. The van der Waals surface area contributed by atoms with E-state index < -0.39 is 23.8 Å². The van der Waals surface area contributed by atoms with Gasteiger partial charge in [-0.1, -0.05) is 29.8 Å². The minimum atomic E-state index is -0.890. The number of anilines is 1. The molecule has 1 heterocycles. The van der Waals surface area contributed by atoms with Gasteiger partial charge in [0.2, 0.25) is 0 Å². The monoisotopic (exact) mass is 568 g/mol. The number of halogens is 2. The first kappa shape index (κ1) is 25.2. The predicted molar refractivity (Wildman–Crippen MR) is 137 cm³/mol. The van der Waals surface area contributed by atoms with E-state index in [1.165, 1.54) is 37.5 Å². The van der Waals surface area contributed by atoms with Crippen LogP contribution in [0.3, 0.4) is 0 Å². The molecule has 10 heteroatoms. The van der Waals surface area contributed by atoms with Gasteiger partial charge < -0.3 is 9.47 Å². The number of rotatable bonds is 6. The van der Waals surface area contributed by atoms with Crippen LogP contribution in [-0.2, 0) is 20.9 Å². The van der Waals surface area contributed by atoms with E-state index in [9.17, 15) is 19.2 Å². The minimum absolute atomic E-state index is 0.189. The molecule has 36 heavy (non-hydrogen) atoms. The molecule has 1 aliphatic rings. The fraction of sp³-hybridized carbons (Fsp3) is 0.0769. The summed E-state index contributed by atoms with van der Waals surface area (Å²) in [5.74, 6) is -1.62. The molecule has 1 saturated heterocycles. The highest BCUT2D eigenvalue weighted by Crippen LogP contribution is 2.29. The van der Waals surface area contributed by atoms with Crippen LogP contribution in [0.4, 0.5) is 10.5 Å². The number of methoxy groups -OCH3 is 1. The van der Waals surface area contributed by atoms with Crippen molar-refractivity contribution in [1.82, 2.24) is 5.32 Å². The Bertz CT molecular complexity index is 1400. The second-order valence-electron chi connectivity index (χ2n) is 7.60. The van der Waals surface area contributed by atoms with E-state index in [4.69, 9.17) is 16.3 Å². The van der Waals surface area contributed by atoms with Crippen LogP contribution in [0, 0.1) is 0 Å². The summed E-state index contributed by atoms with van der Waals surface area (Å²) < 4.78 is 11.1. The van der Waals surface area contributed by atoms with Crippen LogP contribution >= 0.6 is 27.5 Å². The Hall–Kier alpha value is -3.95. The summed E-state index contributed by atoms with van der Waals surface area (Å²) in [6.07, 6.45) is 1.38. The zero-order valence-electron chi connectivity index (χ0n) is 18.8. The number of hydrogen-bond donors (Lipinski definition) is 1. The zero-order chi connectivity index (χ0) is 25.8. The number of ether oxygens (including phenoxy) is 2. The van der Waals surface area contributed by atoms with Crippen LogP contribution in [0.5, 0.6) is 5.75 Å². The van der Waals surface area contributed by atoms with Crippen molar-refractivity contribution in [3.8, 4) is 5.75 Å². The van der Waals surface area contributed by atoms with E-state index in [0.29, 0.717) is 27.4 Å². The first-order valence-electron chi connectivity index (χ1n) is 10.5. The largest absolute Gasteiger partial charge is 0.488 e. The average molecular weight is 570 g/mol. The number of nitrogens with zero attached hydrogens (tertiary/aromatic N) is 1. The molecule has 1 N–H and O–H groups in total. The molecule has 0 atom stereocenters. The molecule has 4 rings (SSSR count). The van der Waals surface area contributed by atoms with E-state index in [2.05, 4.69) is 26.0 Å². The topological polar surface area (TPSA) is 102 Å². The molecule has 0 aromatic heterocycles. The van der Waals surface area contributed by atoms with Gasteiger partial charge in [0.1, 0.15) is 17.9 Å². The number of urea groups is 1. The SMILES string of the molecule is COC(=O)c1ccc(N2C(=O)NC(=O)/C(=C\c3ccc(OCc4cccc(Cl)c4)c(Br)c3)C2=O)cc1. The fourth-order valence-corrected chi connectivity index (χ4v) is 4.16. The van der Waals surface area contributed by atoms with Gasteiger partial charge in [-0.3, -0.25) is 14.9 Å². The minimum Gasteiger partial charge on any atom is -0.488 e. The van der Waals surface area contributed by atoms with E-state index in [0.717, 1.165) is 10.5 Å². The molecule has 3 aromatic carbocycles. The number of amides is 4. The highest BCUT2D eigenvalue weighted by molar-refractivity contribution is 9.10. The molecule has 8 nitrogen and oxygen atoms in total. The molecule has 0 unspecified atom stereocenters. The van der Waals surface area contributed by atoms with Gasteiger partial charge >= 0.3 is 12.0 Å². The summed E-state index contributed by atoms with van der Waals surface area (Å²) in [6.45, 7) is 0.298. The summed E-state index contributed by atoms with van der Waals surface area (Å²) in [6, 6.07) is 17.1. The van der Waals surface area contributed by atoms with Gasteiger partial charge in [-0.05, 0) is 81.7 Å². The van der Waals surface area contributed by atoms with Gasteiger partial charge in [-0.2, -0.15) is 0 Å². The van der Waals surface area contributed by atoms with Crippen molar-refractivity contribution >= 4 is 63.1 Å². The molecular formula is C26H18BrClN2O6. The Balaban J connectivity index is 1.55. The quantitative estimate of drug-likeness (QED) is 0.251. The maximum absolute atomic E-state index is 13.1. The van der Waals surface area contributed by atoms with Crippen molar-refractivity contribution in [2.75, 3.05) is 12.0 Å². The molecule has 1 fully saturated rings.